The largest absolute Gasteiger partial charge is 0.480 e. The van der Waals surface area contributed by atoms with Gasteiger partial charge in [-0.05, 0) is 65.2 Å². The summed E-state index contributed by atoms with van der Waals surface area (Å²) in [5.41, 5.74) is 4.38. The Bertz CT molecular complexity index is 714. The Kier molecular flexibility index (Phi) is 5.19. The van der Waals surface area contributed by atoms with Gasteiger partial charge in [-0.25, -0.2) is 0 Å². The number of hydrogen-bond donors (Lipinski definition) is 0. The Labute approximate surface area is 134 Å². The highest BCUT2D eigenvalue weighted by Gasteiger charge is 2.01. The molecule has 0 aliphatic rings. The molecule has 0 atom stereocenters. The normalized spacial score (nSPS) is 10.6. The van der Waals surface area contributed by atoms with Gasteiger partial charge in [0.05, 0.1) is 10.2 Å². The highest BCUT2D eigenvalue weighted by molar-refractivity contribution is 9.10. The Morgan fingerprint density at radius 1 is 1.24 bits per heavy atom. The summed E-state index contributed by atoms with van der Waals surface area (Å²) < 4.78 is 6.27. The molecule has 3 heteroatoms. The summed E-state index contributed by atoms with van der Waals surface area (Å²) in [6, 6.07) is 12.0. The molecule has 0 aliphatic carbocycles. The van der Waals surface area contributed by atoms with Crippen LogP contribution in [-0.4, -0.2) is 12.8 Å². The molecule has 0 fully saturated rings. The zero-order chi connectivity index (χ0) is 15.2. The lowest BCUT2D eigenvalue weighted by Crippen LogP contribution is -1.94. The molecule has 0 bridgehead atoms. The molecule has 0 unspecified atom stereocenters. The molecule has 106 valence electrons. The first-order chi connectivity index (χ1) is 10.1. The van der Waals surface area contributed by atoms with Crippen LogP contribution in [0.3, 0.4) is 0 Å². The molecule has 0 heterocycles. The smallest absolute Gasteiger partial charge is 0.148 e. The lowest BCUT2D eigenvalue weighted by atomic mass is 10.1. The first kappa shape index (κ1) is 15.3. The third-order valence-corrected chi connectivity index (χ3v) is 3.59. The summed E-state index contributed by atoms with van der Waals surface area (Å²) in [6.45, 7) is 4.40. The number of rotatable bonds is 4. The predicted molar refractivity (Wildman–Crippen MR) is 91.6 cm³/mol. The van der Waals surface area contributed by atoms with Crippen LogP contribution in [0.2, 0.25) is 0 Å². The number of nitrogens with zero attached hydrogens (tertiary/aromatic N) is 1. The summed E-state index contributed by atoms with van der Waals surface area (Å²) >= 11 is 3.47. The van der Waals surface area contributed by atoms with Crippen molar-refractivity contribution >= 4 is 27.8 Å². The van der Waals surface area contributed by atoms with E-state index in [9.17, 15) is 0 Å². The van der Waals surface area contributed by atoms with Crippen LogP contribution in [0, 0.1) is 26.2 Å². The maximum Gasteiger partial charge on any atom is 0.148 e. The fraction of sp³-hybridized carbons (Fsp3) is 0.167. The molecule has 0 N–H and O–H groups in total. The standard InChI is InChI=1S/C18H16BrNO/c1-4-9-21-18-8-6-15(11-16(18)19)12-20-17-7-5-13(2)10-14(17)3/h1,5-8,10-12H,9H2,2-3H3. The summed E-state index contributed by atoms with van der Waals surface area (Å²) in [4.78, 5) is 4.53. The first-order valence-corrected chi connectivity index (χ1v) is 7.36. The maximum atomic E-state index is 5.41. The van der Waals surface area contributed by atoms with Gasteiger partial charge in [-0.2, -0.15) is 0 Å². The molecule has 0 aliphatic heterocycles. The molecule has 2 aromatic carbocycles. The monoisotopic (exact) mass is 341 g/mol. The van der Waals surface area contributed by atoms with Crippen molar-refractivity contribution in [3.63, 3.8) is 0 Å². The lowest BCUT2D eigenvalue weighted by Gasteiger charge is -2.05. The van der Waals surface area contributed by atoms with E-state index in [0.29, 0.717) is 0 Å². The van der Waals surface area contributed by atoms with Crippen molar-refractivity contribution in [3.8, 4) is 18.1 Å². The van der Waals surface area contributed by atoms with Crippen LogP contribution in [0.1, 0.15) is 16.7 Å². The second-order valence-corrected chi connectivity index (χ2v) is 5.59. The topological polar surface area (TPSA) is 21.6 Å². The van der Waals surface area contributed by atoms with Gasteiger partial charge in [-0.15, -0.1) is 6.42 Å². The number of ether oxygens (including phenoxy) is 1. The average molecular weight is 342 g/mol. The number of aliphatic imine (C=N–C) groups is 1. The van der Waals surface area contributed by atoms with E-state index in [2.05, 4.69) is 52.8 Å². The number of aryl methyl sites for hydroxylation is 2. The number of hydrogen-bond acceptors (Lipinski definition) is 2. The fourth-order valence-corrected chi connectivity index (χ4v) is 2.44. The Balaban J connectivity index is 2.18. The van der Waals surface area contributed by atoms with Crippen LogP contribution < -0.4 is 4.74 Å². The summed E-state index contributed by atoms with van der Waals surface area (Å²) in [5, 5.41) is 0. The molecule has 2 nitrogen and oxygen atoms in total. The van der Waals surface area contributed by atoms with Crippen molar-refractivity contribution in [1.82, 2.24) is 0 Å². The molecular formula is C18H16BrNO. The second-order valence-electron chi connectivity index (χ2n) is 4.73. The van der Waals surface area contributed by atoms with E-state index in [4.69, 9.17) is 11.2 Å². The van der Waals surface area contributed by atoms with Gasteiger partial charge in [-0.3, -0.25) is 4.99 Å². The fourth-order valence-electron chi connectivity index (χ4n) is 1.93. The van der Waals surface area contributed by atoms with E-state index < -0.39 is 0 Å². The molecule has 2 rings (SSSR count). The average Bonchev–Trinajstić information content (AvgIpc) is 2.45. The van der Waals surface area contributed by atoms with Gasteiger partial charge in [0.1, 0.15) is 12.4 Å². The lowest BCUT2D eigenvalue weighted by molar-refractivity contribution is 0.368. The van der Waals surface area contributed by atoms with Crippen LogP contribution in [0.15, 0.2) is 45.9 Å². The van der Waals surface area contributed by atoms with E-state index >= 15 is 0 Å². The van der Waals surface area contributed by atoms with Crippen LogP contribution in [-0.2, 0) is 0 Å². The number of benzene rings is 2. The number of halogens is 1. The van der Waals surface area contributed by atoms with Crippen LogP contribution >= 0.6 is 15.9 Å². The van der Waals surface area contributed by atoms with Gasteiger partial charge >= 0.3 is 0 Å². The number of terminal acetylenes is 1. The van der Waals surface area contributed by atoms with Gasteiger partial charge < -0.3 is 4.74 Å². The maximum absolute atomic E-state index is 5.41. The van der Waals surface area contributed by atoms with Crippen LogP contribution in [0.5, 0.6) is 5.75 Å². The molecule has 0 aromatic heterocycles. The highest BCUT2D eigenvalue weighted by Crippen LogP contribution is 2.26. The Morgan fingerprint density at radius 3 is 2.71 bits per heavy atom. The molecule has 0 spiro atoms. The zero-order valence-electron chi connectivity index (χ0n) is 12.1. The van der Waals surface area contributed by atoms with E-state index in [-0.39, 0.29) is 6.61 Å². The minimum Gasteiger partial charge on any atom is -0.480 e. The molecule has 0 saturated carbocycles. The molecule has 0 radical (unpaired) electrons. The van der Waals surface area contributed by atoms with Crippen molar-refractivity contribution in [2.24, 2.45) is 4.99 Å². The third kappa shape index (κ3) is 4.21. The Morgan fingerprint density at radius 2 is 2.05 bits per heavy atom. The molecule has 0 amide bonds. The second kappa shape index (κ2) is 7.10. The van der Waals surface area contributed by atoms with Crippen molar-refractivity contribution in [2.75, 3.05) is 6.61 Å². The van der Waals surface area contributed by atoms with Gasteiger partial charge in [0, 0.05) is 6.21 Å². The third-order valence-electron chi connectivity index (χ3n) is 2.97. The molecule has 2 aromatic rings. The van der Waals surface area contributed by atoms with Gasteiger partial charge in [-0.1, -0.05) is 23.6 Å². The van der Waals surface area contributed by atoms with E-state index in [0.717, 1.165) is 21.5 Å². The van der Waals surface area contributed by atoms with E-state index in [1.54, 1.807) is 0 Å². The molecule has 21 heavy (non-hydrogen) atoms. The highest BCUT2D eigenvalue weighted by atomic mass is 79.9. The summed E-state index contributed by atoms with van der Waals surface area (Å²) in [7, 11) is 0. The Hall–Kier alpha value is -2.05. The van der Waals surface area contributed by atoms with Crippen LogP contribution in [0.25, 0.3) is 0 Å². The van der Waals surface area contributed by atoms with Gasteiger partial charge in [0.15, 0.2) is 0 Å². The van der Waals surface area contributed by atoms with Crippen molar-refractivity contribution in [1.29, 1.82) is 0 Å². The van der Waals surface area contributed by atoms with Crippen LogP contribution in [0.4, 0.5) is 5.69 Å². The van der Waals surface area contributed by atoms with E-state index in [1.165, 1.54) is 11.1 Å². The molecular weight excluding hydrogens is 326 g/mol. The summed E-state index contributed by atoms with van der Waals surface area (Å²) in [5.74, 6) is 3.18. The SMILES string of the molecule is C#CCOc1ccc(C=Nc2ccc(C)cc2C)cc1Br. The predicted octanol–water partition coefficient (Wildman–Crippen LogP) is 4.83. The first-order valence-electron chi connectivity index (χ1n) is 6.57. The minimum atomic E-state index is 0.259. The molecule has 0 saturated heterocycles. The minimum absolute atomic E-state index is 0.259. The van der Waals surface area contributed by atoms with Crippen molar-refractivity contribution < 1.29 is 4.74 Å². The van der Waals surface area contributed by atoms with Crippen molar-refractivity contribution in [2.45, 2.75) is 13.8 Å². The summed E-state index contributed by atoms with van der Waals surface area (Å²) in [6.07, 6.45) is 7.02. The van der Waals surface area contributed by atoms with E-state index in [1.807, 2.05) is 30.5 Å². The van der Waals surface area contributed by atoms with Crippen molar-refractivity contribution in [3.05, 3.63) is 57.6 Å². The van der Waals surface area contributed by atoms with Gasteiger partial charge in [0.2, 0.25) is 0 Å². The van der Waals surface area contributed by atoms with Gasteiger partial charge in [0.25, 0.3) is 0 Å². The quantitative estimate of drug-likeness (QED) is 0.576. The zero-order valence-corrected chi connectivity index (χ0v) is 13.6.